The van der Waals surface area contributed by atoms with Crippen molar-refractivity contribution in [2.24, 2.45) is 15.9 Å². The Kier molecular flexibility index (Phi) is 3.91. The molecule has 80 valence electrons. The summed E-state index contributed by atoms with van der Waals surface area (Å²) in [6, 6.07) is -0.349. The van der Waals surface area contributed by atoms with Gasteiger partial charge >= 0.3 is 5.97 Å². The van der Waals surface area contributed by atoms with Crippen LogP contribution < -0.4 is 0 Å². The summed E-state index contributed by atoms with van der Waals surface area (Å²) >= 11 is 0. The van der Waals surface area contributed by atoms with Gasteiger partial charge in [-0.1, -0.05) is 0 Å². The molecule has 0 aromatic carbocycles. The summed E-state index contributed by atoms with van der Waals surface area (Å²) in [6.45, 7) is 1.69. The minimum atomic E-state index is -0.905. The number of carbonyl (C=O) groups is 2. The molecule has 1 rings (SSSR count). The van der Waals surface area contributed by atoms with E-state index in [2.05, 4.69) is 9.98 Å². The zero-order chi connectivity index (χ0) is 11.3. The Morgan fingerprint density at radius 2 is 2.53 bits per heavy atom. The van der Waals surface area contributed by atoms with Crippen LogP contribution in [0, 0.1) is 5.92 Å². The maximum absolute atomic E-state index is 10.7. The molecule has 5 nitrogen and oxygen atoms in total. The predicted octanol–water partition coefficient (Wildman–Crippen LogP) is 0.704. The number of aldehydes is 1. The SMILES string of the molecule is CC(CC(=O)O)N=C1C=NC=CC1C=O. The zero-order valence-corrected chi connectivity index (χ0v) is 8.33. The van der Waals surface area contributed by atoms with Gasteiger partial charge in [-0.2, -0.15) is 0 Å². The molecule has 15 heavy (non-hydrogen) atoms. The van der Waals surface area contributed by atoms with Crippen LogP contribution in [0.1, 0.15) is 13.3 Å². The maximum atomic E-state index is 10.7. The van der Waals surface area contributed by atoms with Crippen molar-refractivity contribution in [1.82, 2.24) is 0 Å². The summed E-state index contributed by atoms with van der Waals surface area (Å²) in [5.41, 5.74) is 0.515. The molecule has 0 aromatic heterocycles. The molecule has 0 spiro atoms. The molecule has 2 atom stereocenters. The van der Waals surface area contributed by atoms with E-state index >= 15 is 0 Å². The fourth-order valence-corrected chi connectivity index (χ4v) is 1.23. The van der Waals surface area contributed by atoms with Crippen molar-refractivity contribution in [3.05, 3.63) is 12.3 Å². The first-order valence-corrected chi connectivity index (χ1v) is 4.58. The van der Waals surface area contributed by atoms with Crippen molar-refractivity contribution in [3.63, 3.8) is 0 Å². The molecular formula is C10H12N2O3. The normalized spacial score (nSPS) is 24.1. The third-order valence-electron chi connectivity index (χ3n) is 1.91. The van der Waals surface area contributed by atoms with Gasteiger partial charge in [-0.25, -0.2) is 0 Å². The topological polar surface area (TPSA) is 79.1 Å². The number of carbonyl (C=O) groups excluding carboxylic acids is 1. The lowest BCUT2D eigenvalue weighted by Gasteiger charge is -2.10. The van der Waals surface area contributed by atoms with Gasteiger partial charge < -0.3 is 9.90 Å². The van der Waals surface area contributed by atoms with Crippen LogP contribution in [-0.2, 0) is 9.59 Å². The molecule has 1 aliphatic heterocycles. The van der Waals surface area contributed by atoms with Gasteiger partial charge in [-0.3, -0.25) is 14.8 Å². The van der Waals surface area contributed by atoms with E-state index in [9.17, 15) is 9.59 Å². The summed E-state index contributed by atoms with van der Waals surface area (Å²) in [6.07, 6.45) is 5.34. The van der Waals surface area contributed by atoms with Crippen molar-refractivity contribution in [2.45, 2.75) is 19.4 Å². The molecule has 0 saturated carbocycles. The van der Waals surface area contributed by atoms with Crippen molar-refractivity contribution >= 4 is 24.2 Å². The first kappa shape index (κ1) is 11.3. The van der Waals surface area contributed by atoms with Crippen LogP contribution in [0.15, 0.2) is 22.3 Å². The standard InChI is InChI=1S/C10H12N2O3/c1-7(4-10(14)15)12-9-5-11-3-2-8(9)6-13/h2-3,5-8H,4H2,1H3,(H,14,15). The first-order chi connectivity index (χ1) is 7.13. The van der Waals surface area contributed by atoms with E-state index in [1.807, 2.05) is 0 Å². The van der Waals surface area contributed by atoms with Crippen molar-refractivity contribution < 1.29 is 14.7 Å². The molecule has 0 amide bonds. The van der Waals surface area contributed by atoms with Crippen LogP contribution in [-0.4, -0.2) is 35.3 Å². The highest BCUT2D eigenvalue weighted by Gasteiger charge is 2.14. The van der Waals surface area contributed by atoms with Gasteiger partial charge in [0.25, 0.3) is 0 Å². The van der Waals surface area contributed by atoms with Gasteiger partial charge in [0.15, 0.2) is 0 Å². The number of aliphatic carboxylic acids is 1. The lowest BCUT2D eigenvalue weighted by molar-refractivity contribution is -0.137. The largest absolute Gasteiger partial charge is 0.481 e. The second kappa shape index (κ2) is 5.19. The second-order valence-electron chi connectivity index (χ2n) is 3.28. The summed E-state index contributed by atoms with van der Waals surface area (Å²) < 4.78 is 0. The van der Waals surface area contributed by atoms with Gasteiger partial charge in [-0.05, 0) is 13.0 Å². The second-order valence-corrected chi connectivity index (χ2v) is 3.28. The molecular weight excluding hydrogens is 196 g/mol. The fraction of sp³-hybridized carbons (Fsp3) is 0.400. The molecule has 0 bridgehead atoms. The molecule has 2 unspecified atom stereocenters. The number of hydrogen-bond donors (Lipinski definition) is 1. The number of carboxylic acid groups (broad SMARTS) is 1. The van der Waals surface area contributed by atoms with Crippen LogP contribution >= 0.6 is 0 Å². The summed E-state index contributed by atoms with van der Waals surface area (Å²) in [4.78, 5) is 29.1. The Bertz CT molecular complexity index is 345. The molecule has 1 aliphatic rings. The van der Waals surface area contributed by atoms with Gasteiger partial charge in [0.1, 0.15) is 6.29 Å². The van der Waals surface area contributed by atoms with Gasteiger partial charge in [0.2, 0.25) is 0 Å². The van der Waals surface area contributed by atoms with E-state index in [0.717, 1.165) is 6.29 Å². The highest BCUT2D eigenvalue weighted by Crippen LogP contribution is 2.06. The summed E-state index contributed by atoms with van der Waals surface area (Å²) in [7, 11) is 0. The van der Waals surface area contributed by atoms with E-state index in [1.165, 1.54) is 12.4 Å². The Labute approximate surface area is 87.2 Å². The molecule has 0 aromatic rings. The molecule has 0 aliphatic carbocycles. The molecule has 0 saturated heterocycles. The minimum absolute atomic E-state index is 0.0490. The number of nitrogens with zero attached hydrogens (tertiary/aromatic N) is 2. The van der Waals surface area contributed by atoms with E-state index in [-0.39, 0.29) is 12.5 Å². The molecule has 0 fully saturated rings. The van der Waals surface area contributed by atoms with Crippen LogP contribution in [0.3, 0.4) is 0 Å². The van der Waals surface area contributed by atoms with E-state index in [1.54, 1.807) is 13.0 Å². The van der Waals surface area contributed by atoms with Gasteiger partial charge in [0, 0.05) is 12.4 Å². The fourth-order valence-electron chi connectivity index (χ4n) is 1.23. The smallest absolute Gasteiger partial charge is 0.305 e. The number of carboxylic acids is 1. The maximum Gasteiger partial charge on any atom is 0.305 e. The van der Waals surface area contributed by atoms with Gasteiger partial charge in [-0.15, -0.1) is 0 Å². The number of allylic oxidation sites excluding steroid dienone is 1. The minimum Gasteiger partial charge on any atom is -0.481 e. The van der Waals surface area contributed by atoms with Crippen molar-refractivity contribution in [1.29, 1.82) is 0 Å². The summed E-state index contributed by atoms with van der Waals surface area (Å²) in [5.74, 6) is -1.31. The lowest BCUT2D eigenvalue weighted by atomic mass is 10.0. The third-order valence-corrected chi connectivity index (χ3v) is 1.91. The zero-order valence-electron chi connectivity index (χ0n) is 8.33. The Hall–Kier alpha value is -1.78. The number of rotatable bonds is 4. The van der Waals surface area contributed by atoms with Crippen molar-refractivity contribution in [2.75, 3.05) is 0 Å². The lowest BCUT2D eigenvalue weighted by Crippen LogP contribution is -2.20. The third kappa shape index (κ3) is 3.46. The van der Waals surface area contributed by atoms with Gasteiger partial charge in [0.05, 0.1) is 24.1 Å². The van der Waals surface area contributed by atoms with Crippen LogP contribution in [0.2, 0.25) is 0 Å². The molecule has 0 radical (unpaired) electrons. The Balaban J connectivity index is 2.72. The quantitative estimate of drug-likeness (QED) is 0.691. The van der Waals surface area contributed by atoms with E-state index in [0.29, 0.717) is 5.71 Å². The predicted molar refractivity (Wildman–Crippen MR) is 56.3 cm³/mol. The Morgan fingerprint density at radius 3 is 3.13 bits per heavy atom. The van der Waals surface area contributed by atoms with Crippen molar-refractivity contribution in [3.8, 4) is 0 Å². The molecule has 5 heteroatoms. The highest BCUT2D eigenvalue weighted by molar-refractivity contribution is 6.35. The average molecular weight is 208 g/mol. The highest BCUT2D eigenvalue weighted by atomic mass is 16.4. The number of aliphatic imine (C=N–C) groups is 2. The van der Waals surface area contributed by atoms with Crippen LogP contribution in [0.4, 0.5) is 0 Å². The average Bonchev–Trinajstić information content (AvgIpc) is 2.17. The monoisotopic (exact) mass is 208 g/mol. The molecule has 1 heterocycles. The van der Waals surface area contributed by atoms with E-state index in [4.69, 9.17) is 5.11 Å². The summed E-state index contributed by atoms with van der Waals surface area (Å²) in [5, 5.41) is 8.55. The molecule has 1 N–H and O–H groups in total. The first-order valence-electron chi connectivity index (χ1n) is 4.58. The van der Waals surface area contributed by atoms with Crippen LogP contribution in [0.5, 0.6) is 0 Å². The number of hydrogen-bond acceptors (Lipinski definition) is 4. The Morgan fingerprint density at radius 1 is 1.80 bits per heavy atom. The van der Waals surface area contributed by atoms with Crippen LogP contribution in [0.25, 0.3) is 0 Å². The van der Waals surface area contributed by atoms with E-state index < -0.39 is 11.9 Å².